The van der Waals surface area contributed by atoms with Gasteiger partial charge in [0.15, 0.2) is 0 Å². The quantitative estimate of drug-likeness (QED) is 0.782. The molecule has 0 atom stereocenters. The molecular formula is C11H11N3O. The fourth-order valence-electron chi connectivity index (χ4n) is 1.25. The van der Waals surface area contributed by atoms with E-state index in [4.69, 9.17) is 0 Å². The largest absolute Gasteiger partial charge is 0.508 e. The number of aromatic nitrogens is 2. The number of aryl methyl sites for hydroxylation is 1. The van der Waals surface area contributed by atoms with E-state index < -0.39 is 0 Å². The van der Waals surface area contributed by atoms with Crippen LogP contribution in [0.4, 0.5) is 11.5 Å². The van der Waals surface area contributed by atoms with Gasteiger partial charge < -0.3 is 10.4 Å². The highest BCUT2D eigenvalue weighted by Crippen LogP contribution is 2.18. The number of hydrogen-bond acceptors (Lipinski definition) is 4. The Balaban J connectivity index is 2.22. The summed E-state index contributed by atoms with van der Waals surface area (Å²) in [5, 5.41) is 12.3. The molecule has 2 N–H and O–H groups in total. The molecule has 0 aliphatic rings. The third-order valence-electron chi connectivity index (χ3n) is 1.92. The molecule has 1 aromatic heterocycles. The molecule has 2 rings (SSSR count). The first-order valence-electron chi connectivity index (χ1n) is 4.59. The maximum Gasteiger partial charge on any atom is 0.133 e. The number of nitrogens with one attached hydrogen (secondary N) is 1. The molecule has 0 unspecified atom stereocenters. The van der Waals surface area contributed by atoms with Crippen LogP contribution in [0.25, 0.3) is 0 Å². The molecule has 0 saturated carbocycles. The van der Waals surface area contributed by atoms with Crippen molar-refractivity contribution in [1.29, 1.82) is 0 Å². The van der Waals surface area contributed by atoms with Gasteiger partial charge in [0.1, 0.15) is 17.9 Å². The van der Waals surface area contributed by atoms with Gasteiger partial charge in [0.25, 0.3) is 0 Å². The van der Waals surface area contributed by atoms with E-state index in [0.717, 1.165) is 11.4 Å². The Morgan fingerprint density at radius 3 is 2.80 bits per heavy atom. The van der Waals surface area contributed by atoms with Crippen molar-refractivity contribution in [3.05, 3.63) is 42.4 Å². The normalized spacial score (nSPS) is 9.93. The second-order valence-electron chi connectivity index (χ2n) is 3.22. The van der Waals surface area contributed by atoms with Gasteiger partial charge in [0, 0.05) is 23.5 Å². The molecule has 0 radical (unpaired) electrons. The first-order chi connectivity index (χ1) is 7.24. The Morgan fingerprint density at radius 2 is 2.07 bits per heavy atom. The molecular weight excluding hydrogens is 190 g/mol. The lowest BCUT2D eigenvalue weighted by molar-refractivity contribution is 0.475. The molecule has 4 nitrogen and oxygen atoms in total. The minimum atomic E-state index is 0.228. The monoisotopic (exact) mass is 201 g/mol. The second-order valence-corrected chi connectivity index (χ2v) is 3.22. The summed E-state index contributed by atoms with van der Waals surface area (Å²) >= 11 is 0. The highest BCUT2D eigenvalue weighted by Gasteiger charge is 1.97. The van der Waals surface area contributed by atoms with Crippen molar-refractivity contribution in [3.63, 3.8) is 0 Å². The van der Waals surface area contributed by atoms with Crippen LogP contribution >= 0.6 is 0 Å². The molecule has 15 heavy (non-hydrogen) atoms. The van der Waals surface area contributed by atoms with Gasteiger partial charge in [-0.15, -0.1) is 0 Å². The van der Waals surface area contributed by atoms with Crippen molar-refractivity contribution in [2.24, 2.45) is 0 Å². The van der Waals surface area contributed by atoms with Crippen LogP contribution in [0.3, 0.4) is 0 Å². The fourth-order valence-corrected chi connectivity index (χ4v) is 1.25. The number of aromatic hydroxyl groups is 1. The number of benzene rings is 1. The summed E-state index contributed by atoms with van der Waals surface area (Å²) in [6.07, 6.45) is 1.50. The van der Waals surface area contributed by atoms with Crippen LogP contribution < -0.4 is 5.32 Å². The van der Waals surface area contributed by atoms with Crippen LogP contribution in [0, 0.1) is 6.92 Å². The van der Waals surface area contributed by atoms with E-state index in [1.807, 2.05) is 19.1 Å². The summed E-state index contributed by atoms with van der Waals surface area (Å²) in [6, 6.07) is 8.72. The number of nitrogens with zero attached hydrogens (tertiary/aromatic N) is 2. The highest BCUT2D eigenvalue weighted by atomic mass is 16.3. The van der Waals surface area contributed by atoms with Crippen molar-refractivity contribution in [2.75, 3.05) is 5.32 Å². The van der Waals surface area contributed by atoms with Gasteiger partial charge in [-0.2, -0.15) is 0 Å². The fraction of sp³-hybridized carbons (Fsp3) is 0.0909. The van der Waals surface area contributed by atoms with E-state index in [2.05, 4.69) is 15.3 Å². The highest BCUT2D eigenvalue weighted by molar-refractivity contribution is 5.57. The van der Waals surface area contributed by atoms with Crippen LogP contribution in [0.1, 0.15) is 5.69 Å². The zero-order valence-corrected chi connectivity index (χ0v) is 8.31. The summed E-state index contributed by atoms with van der Waals surface area (Å²) in [6.45, 7) is 1.90. The summed E-state index contributed by atoms with van der Waals surface area (Å²) in [5.74, 6) is 0.943. The standard InChI is InChI=1S/C11H11N3O/c1-8-5-11(13-7-12-8)14-9-3-2-4-10(15)6-9/h2-7,15H,1H3,(H,12,13,14). The van der Waals surface area contributed by atoms with Crippen LogP contribution in [-0.4, -0.2) is 15.1 Å². The van der Waals surface area contributed by atoms with Crippen LogP contribution in [0.5, 0.6) is 5.75 Å². The van der Waals surface area contributed by atoms with E-state index in [9.17, 15) is 5.11 Å². The van der Waals surface area contributed by atoms with Crippen molar-refractivity contribution in [1.82, 2.24) is 9.97 Å². The molecule has 1 aromatic carbocycles. The zero-order valence-electron chi connectivity index (χ0n) is 8.31. The Morgan fingerprint density at radius 1 is 1.20 bits per heavy atom. The number of rotatable bonds is 2. The molecule has 0 amide bonds. The third-order valence-corrected chi connectivity index (χ3v) is 1.92. The Hall–Kier alpha value is -2.10. The molecule has 2 aromatic rings. The van der Waals surface area contributed by atoms with Gasteiger partial charge in [0.2, 0.25) is 0 Å². The van der Waals surface area contributed by atoms with Crippen molar-refractivity contribution in [2.45, 2.75) is 6.92 Å². The maximum absolute atomic E-state index is 9.27. The zero-order chi connectivity index (χ0) is 10.7. The van der Waals surface area contributed by atoms with E-state index in [1.54, 1.807) is 18.2 Å². The first kappa shape index (κ1) is 9.45. The number of phenolic OH excluding ortho intramolecular Hbond substituents is 1. The molecule has 0 spiro atoms. The minimum absolute atomic E-state index is 0.228. The number of hydrogen-bond donors (Lipinski definition) is 2. The molecule has 0 aliphatic carbocycles. The lowest BCUT2D eigenvalue weighted by atomic mass is 10.3. The van der Waals surface area contributed by atoms with Gasteiger partial charge in [-0.3, -0.25) is 0 Å². The first-order valence-corrected chi connectivity index (χ1v) is 4.59. The summed E-state index contributed by atoms with van der Waals surface area (Å²) in [5.41, 5.74) is 1.70. The molecule has 0 aliphatic heterocycles. The smallest absolute Gasteiger partial charge is 0.133 e. The van der Waals surface area contributed by atoms with E-state index >= 15 is 0 Å². The lowest BCUT2D eigenvalue weighted by Crippen LogP contribution is -1.94. The topological polar surface area (TPSA) is 58.0 Å². The average molecular weight is 201 g/mol. The van der Waals surface area contributed by atoms with Gasteiger partial charge in [-0.05, 0) is 19.1 Å². The van der Waals surface area contributed by atoms with Crippen LogP contribution in [0.2, 0.25) is 0 Å². The molecule has 0 bridgehead atoms. The maximum atomic E-state index is 9.27. The molecule has 0 saturated heterocycles. The van der Waals surface area contributed by atoms with Crippen molar-refractivity contribution < 1.29 is 5.11 Å². The van der Waals surface area contributed by atoms with E-state index in [-0.39, 0.29) is 5.75 Å². The molecule has 1 heterocycles. The molecule has 4 heteroatoms. The minimum Gasteiger partial charge on any atom is -0.508 e. The van der Waals surface area contributed by atoms with Gasteiger partial charge >= 0.3 is 0 Å². The van der Waals surface area contributed by atoms with Crippen LogP contribution in [-0.2, 0) is 0 Å². The van der Waals surface area contributed by atoms with Crippen molar-refractivity contribution in [3.8, 4) is 5.75 Å². The van der Waals surface area contributed by atoms with Gasteiger partial charge in [-0.1, -0.05) is 6.07 Å². The second kappa shape index (κ2) is 3.96. The summed E-state index contributed by atoms with van der Waals surface area (Å²) < 4.78 is 0. The Bertz CT molecular complexity index is 427. The SMILES string of the molecule is Cc1cc(Nc2cccc(O)c2)ncn1. The van der Waals surface area contributed by atoms with Gasteiger partial charge in [-0.25, -0.2) is 9.97 Å². The average Bonchev–Trinajstić information content (AvgIpc) is 2.17. The predicted octanol–water partition coefficient (Wildman–Crippen LogP) is 2.23. The summed E-state index contributed by atoms with van der Waals surface area (Å²) in [4.78, 5) is 8.06. The lowest BCUT2D eigenvalue weighted by Gasteiger charge is -2.05. The Labute approximate surface area is 87.6 Å². The van der Waals surface area contributed by atoms with Crippen LogP contribution in [0.15, 0.2) is 36.7 Å². The number of anilines is 2. The van der Waals surface area contributed by atoms with Crippen molar-refractivity contribution >= 4 is 11.5 Å². The summed E-state index contributed by atoms with van der Waals surface area (Å²) in [7, 11) is 0. The van der Waals surface area contributed by atoms with E-state index in [0.29, 0.717) is 5.82 Å². The van der Waals surface area contributed by atoms with Gasteiger partial charge in [0.05, 0.1) is 0 Å². The third kappa shape index (κ3) is 2.43. The Kier molecular flexibility index (Phi) is 2.49. The molecule has 76 valence electrons. The van der Waals surface area contributed by atoms with E-state index in [1.165, 1.54) is 6.33 Å². The number of phenols is 1. The predicted molar refractivity (Wildman–Crippen MR) is 58.2 cm³/mol. The molecule has 0 fully saturated rings.